The molecule has 184 valence electrons. The summed E-state index contributed by atoms with van der Waals surface area (Å²) in [4.78, 5) is 33.3. The maximum absolute atomic E-state index is 12.4. The summed E-state index contributed by atoms with van der Waals surface area (Å²) in [5.74, 6) is -2.81. The van der Waals surface area contributed by atoms with Gasteiger partial charge in [0, 0.05) is 37.2 Å². The van der Waals surface area contributed by atoms with Crippen molar-refractivity contribution < 1.29 is 32.7 Å². The van der Waals surface area contributed by atoms with E-state index in [1.54, 1.807) is 0 Å². The van der Waals surface area contributed by atoms with Gasteiger partial charge in [-0.25, -0.2) is 4.79 Å². The number of aliphatic carboxylic acids is 1. The highest BCUT2D eigenvalue weighted by Gasteiger charge is 2.38. The number of amides is 1. The van der Waals surface area contributed by atoms with E-state index in [-0.39, 0.29) is 24.5 Å². The average Bonchev–Trinajstić information content (AvgIpc) is 3.05. The summed E-state index contributed by atoms with van der Waals surface area (Å²) in [6.07, 6.45) is -2.66. The summed E-state index contributed by atoms with van der Waals surface area (Å²) in [7, 11) is 0. The molecule has 34 heavy (non-hydrogen) atoms. The number of carbonyl (C=O) groups excluding carboxylic acids is 2. The molecule has 2 aromatic carbocycles. The molecule has 0 saturated carbocycles. The van der Waals surface area contributed by atoms with E-state index in [1.165, 1.54) is 11.1 Å². The first-order valence-electron chi connectivity index (χ1n) is 10.9. The van der Waals surface area contributed by atoms with Gasteiger partial charge < -0.3 is 21.1 Å². The second-order valence-electron chi connectivity index (χ2n) is 7.60. The molecule has 0 saturated heterocycles. The summed E-state index contributed by atoms with van der Waals surface area (Å²) in [6.45, 7) is 3.12. The minimum atomic E-state index is -5.08. The Bertz CT molecular complexity index is 966. The number of hydrogen-bond acceptors (Lipinski definition) is 5. The van der Waals surface area contributed by atoms with Crippen molar-refractivity contribution >= 4 is 23.3 Å². The molecule has 0 bridgehead atoms. The summed E-state index contributed by atoms with van der Waals surface area (Å²) in [5, 5.41) is 16.6. The molecule has 1 aliphatic rings. The van der Waals surface area contributed by atoms with Crippen LogP contribution in [0.15, 0.2) is 48.5 Å². The van der Waals surface area contributed by atoms with E-state index in [2.05, 4.69) is 22.0 Å². The predicted molar refractivity (Wildman–Crippen MR) is 122 cm³/mol. The molecule has 2 aromatic rings. The number of halogens is 3. The number of rotatable bonds is 8. The van der Waals surface area contributed by atoms with Crippen LogP contribution in [0.4, 0.5) is 18.9 Å². The van der Waals surface area contributed by atoms with Crippen LogP contribution in [0.5, 0.6) is 0 Å². The number of ketones is 1. The molecule has 0 spiro atoms. The average molecular weight is 479 g/mol. The lowest BCUT2D eigenvalue weighted by Crippen LogP contribution is -2.29. The Kier molecular flexibility index (Phi) is 10.5. The highest BCUT2D eigenvalue weighted by molar-refractivity contribution is 5.98. The Morgan fingerprint density at radius 3 is 2.21 bits per heavy atom. The van der Waals surface area contributed by atoms with Gasteiger partial charge in [-0.1, -0.05) is 30.3 Å². The highest BCUT2D eigenvalue weighted by Crippen LogP contribution is 2.17. The van der Waals surface area contributed by atoms with Gasteiger partial charge in [0.15, 0.2) is 5.78 Å². The van der Waals surface area contributed by atoms with Crippen molar-refractivity contribution in [2.24, 2.45) is 0 Å². The number of fused-ring (bicyclic) bond motifs is 1. The van der Waals surface area contributed by atoms with Crippen LogP contribution in [-0.2, 0) is 22.4 Å². The Morgan fingerprint density at radius 1 is 0.912 bits per heavy atom. The maximum Gasteiger partial charge on any atom is 0.490 e. The molecule has 1 amide bonds. The second-order valence-corrected chi connectivity index (χ2v) is 7.60. The molecular weight excluding hydrogens is 451 g/mol. The smallest absolute Gasteiger partial charge is 0.475 e. The SMILES string of the molecule is O=C(CCC(=O)c1ccc2c(c1)CCNCC2)NCCNc1ccccc1.O=C(O)C(F)(F)F. The third-order valence-electron chi connectivity index (χ3n) is 5.04. The van der Waals surface area contributed by atoms with E-state index >= 15 is 0 Å². The van der Waals surface area contributed by atoms with Crippen LogP contribution < -0.4 is 16.0 Å². The van der Waals surface area contributed by atoms with Crippen LogP contribution in [0.2, 0.25) is 0 Å². The van der Waals surface area contributed by atoms with Gasteiger partial charge in [0.1, 0.15) is 0 Å². The molecule has 0 radical (unpaired) electrons. The summed E-state index contributed by atoms with van der Waals surface area (Å²) in [5.41, 5.74) is 4.32. The zero-order chi connectivity index (χ0) is 25.0. The van der Waals surface area contributed by atoms with Crippen molar-refractivity contribution in [3.05, 3.63) is 65.2 Å². The molecule has 3 rings (SSSR count). The quantitative estimate of drug-likeness (QED) is 0.342. The number of alkyl halides is 3. The van der Waals surface area contributed by atoms with Gasteiger partial charge in [-0.3, -0.25) is 9.59 Å². The van der Waals surface area contributed by atoms with E-state index in [0.717, 1.165) is 31.6 Å². The van der Waals surface area contributed by atoms with Crippen LogP contribution in [0.1, 0.15) is 34.3 Å². The van der Waals surface area contributed by atoms with Gasteiger partial charge in [0.05, 0.1) is 0 Å². The number of hydrogen-bond donors (Lipinski definition) is 4. The van der Waals surface area contributed by atoms with Crippen LogP contribution >= 0.6 is 0 Å². The summed E-state index contributed by atoms with van der Waals surface area (Å²) >= 11 is 0. The van der Waals surface area contributed by atoms with E-state index in [0.29, 0.717) is 18.7 Å². The number of benzene rings is 2. The number of carboxylic acid groups (broad SMARTS) is 1. The summed E-state index contributed by atoms with van der Waals surface area (Å²) in [6, 6.07) is 15.8. The molecule has 7 nitrogen and oxygen atoms in total. The normalized spacial score (nSPS) is 12.9. The number of carboxylic acids is 1. The molecule has 1 heterocycles. The zero-order valence-electron chi connectivity index (χ0n) is 18.6. The molecular formula is C24H28F3N3O4. The molecule has 1 aliphatic heterocycles. The van der Waals surface area contributed by atoms with Crippen LogP contribution in [-0.4, -0.2) is 55.1 Å². The van der Waals surface area contributed by atoms with Gasteiger partial charge >= 0.3 is 12.1 Å². The fourth-order valence-corrected chi connectivity index (χ4v) is 3.27. The molecule has 0 atom stereocenters. The van der Waals surface area contributed by atoms with E-state index < -0.39 is 12.1 Å². The fraction of sp³-hybridized carbons (Fsp3) is 0.375. The monoisotopic (exact) mass is 479 g/mol. The van der Waals surface area contributed by atoms with Gasteiger partial charge in [-0.05, 0) is 55.3 Å². The number of para-hydroxylation sites is 1. The van der Waals surface area contributed by atoms with E-state index in [9.17, 15) is 22.8 Å². The molecule has 4 N–H and O–H groups in total. The first kappa shape index (κ1) is 26.8. The fourth-order valence-electron chi connectivity index (χ4n) is 3.27. The highest BCUT2D eigenvalue weighted by atomic mass is 19.4. The molecule has 0 unspecified atom stereocenters. The lowest BCUT2D eigenvalue weighted by atomic mass is 9.97. The van der Waals surface area contributed by atoms with E-state index in [1.807, 2.05) is 42.5 Å². The van der Waals surface area contributed by atoms with Crippen molar-refractivity contribution in [1.82, 2.24) is 10.6 Å². The largest absolute Gasteiger partial charge is 0.490 e. The summed E-state index contributed by atoms with van der Waals surface area (Å²) < 4.78 is 31.7. The van der Waals surface area contributed by atoms with Gasteiger partial charge in [-0.2, -0.15) is 13.2 Å². The van der Waals surface area contributed by atoms with Crippen molar-refractivity contribution in [1.29, 1.82) is 0 Å². The van der Waals surface area contributed by atoms with Crippen LogP contribution in [0.3, 0.4) is 0 Å². The third-order valence-corrected chi connectivity index (χ3v) is 5.04. The Balaban J connectivity index is 0.000000509. The van der Waals surface area contributed by atoms with Crippen LogP contribution in [0.25, 0.3) is 0 Å². The topological polar surface area (TPSA) is 108 Å². The van der Waals surface area contributed by atoms with Gasteiger partial charge in [0.2, 0.25) is 5.91 Å². The standard InChI is InChI=1S/C22H27N3O2.C2HF3O2/c26-21(19-7-6-17-10-12-23-13-11-18(17)16-19)8-9-22(27)25-15-14-24-20-4-2-1-3-5-20;3-2(4,5)1(6)7/h1-7,16,23-24H,8-15H2,(H,25,27);(H,6,7). The lowest BCUT2D eigenvalue weighted by Gasteiger charge is -2.09. The Hall–Kier alpha value is -3.40. The van der Waals surface area contributed by atoms with Crippen molar-refractivity contribution in [2.75, 3.05) is 31.5 Å². The molecule has 0 fully saturated rings. The number of nitrogens with one attached hydrogen (secondary N) is 3. The van der Waals surface area contributed by atoms with Gasteiger partial charge in [-0.15, -0.1) is 0 Å². The van der Waals surface area contributed by atoms with Crippen molar-refractivity contribution in [2.45, 2.75) is 31.9 Å². The first-order valence-corrected chi connectivity index (χ1v) is 10.9. The molecule has 0 aliphatic carbocycles. The zero-order valence-corrected chi connectivity index (χ0v) is 18.6. The first-order chi connectivity index (χ1) is 16.2. The van der Waals surface area contributed by atoms with Crippen molar-refractivity contribution in [3.8, 4) is 0 Å². The maximum atomic E-state index is 12.4. The Morgan fingerprint density at radius 2 is 1.56 bits per heavy atom. The number of carbonyl (C=O) groups is 3. The lowest BCUT2D eigenvalue weighted by molar-refractivity contribution is -0.192. The number of Topliss-reactive ketones (excluding diaryl/α,β-unsaturated/α-hetero) is 1. The van der Waals surface area contributed by atoms with Gasteiger partial charge in [0.25, 0.3) is 0 Å². The minimum Gasteiger partial charge on any atom is -0.475 e. The van der Waals surface area contributed by atoms with Crippen LogP contribution in [0, 0.1) is 0 Å². The molecule has 0 aromatic heterocycles. The minimum absolute atomic E-state index is 0.0348. The predicted octanol–water partition coefficient (Wildman–Crippen LogP) is 3.20. The Labute approximate surface area is 195 Å². The third kappa shape index (κ3) is 9.62. The van der Waals surface area contributed by atoms with E-state index in [4.69, 9.17) is 9.90 Å². The second kappa shape index (κ2) is 13.3. The molecule has 10 heteroatoms. The number of anilines is 1. The van der Waals surface area contributed by atoms with Crippen molar-refractivity contribution in [3.63, 3.8) is 0 Å².